The van der Waals surface area contributed by atoms with Crippen molar-refractivity contribution in [2.45, 2.75) is 92.2 Å². The average Bonchev–Trinajstić information content (AvgIpc) is 2.59. The summed E-state index contributed by atoms with van der Waals surface area (Å²) in [5.74, 6) is 2.33. The van der Waals surface area contributed by atoms with E-state index in [0.717, 1.165) is 12.8 Å². The summed E-state index contributed by atoms with van der Waals surface area (Å²) in [5.41, 5.74) is 0. The van der Waals surface area contributed by atoms with Crippen LogP contribution in [0.4, 0.5) is 0 Å². The Kier molecular flexibility index (Phi) is 7.12. The van der Waals surface area contributed by atoms with Crippen LogP contribution in [0, 0.1) is 29.6 Å². The van der Waals surface area contributed by atoms with Crippen LogP contribution in [-0.4, -0.2) is 38.0 Å². The van der Waals surface area contributed by atoms with Gasteiger partial charge in [-0.3, -0.25) is 0 Å². The van der Waals surface area contributed by atoms with Gasteiger partial charge in [0.1, 0.15) is 6.10 Å². The zero-order valence-corrected chi connectivity index (χ0v) is 16.8. The second-order valence-electron chi connectivity index (χ2n) is 8.03. The highest BCUT2D eigenvalue weighted by molar-refractivity contribution is 4.88. The number of ether oxygens (including phenoxy) is 4. The van der Waals surface area contributed by atoms with Gasteiger partial charge in [-0.2, -0.15) is 0 Å². The maximum absolute atomic E-state index is 6.50. The fourth-order valence-corrected chi connectivity index (χ4v) is 4.37. The maximum Gasteiger partial charge on any atom is 0.184 e. The molecule has 0 aromatic rings. The van der Waals surface area contributed by atoms with Crippen LogP contribution in [0.15, 0.2) is 0 Å². The fraction of sp³-hybridized carbons (Fsp3) is 1.00. The Balaban J connectivity index is 2.12. The smallest absolute Gasteiger partial charge is 0.184 e. The van der Waals surface area contributed by atoms with Crippen LogP contribution in [0.1, 0.15) is 61.3 Å². The van der Waals surface area contributed by atoms with Crippen molar-refractivity contribution in [3.63, 3.8) is 0 Å². The van der Waals surface area contributed by atoms with Crippen LogP contribution in [0.5, 0.6) is 0 Å². The third-order valence-electron chi connectivity index (χ3n) is 6.82. The number of rotatable bonds is 5. The van der Waals surface area contributed by atoms with Crippen molar-refractivity contribution in [1.29, 1.82) is 0 Å². The summed E-state index contributed by atoms with van der Waals surface area (Å²) in [4.78, 5) is 0. The molecule has 0 N–H and O–H groups in total. The fourth-order valence-electron chi connectivity index (χ4n) is 4.37. The summed E-state index contributed by atoms with van der Waals surface area (Å²) in [5, 5.41) is 0. The summed E-state index contributed by atoms with van der Waals surface area (Å²) < 4.78 is 24.6. The molecule has 0 aromatic heterocycles. The van der Waals surface area contributed by atoms with Crippen molar-refractivity contribution in [2.24, 2.45) is 29.6 Å². The lowest BCUT2D eigenvalue weighted by Gasteiger charge is -2.48. The molecule has 4 nitrogen and oxygen atoms in total. The van der Waals surface area contributed by atoms with E-state index in [0.29, 0.717) is 29.6 Å². The highest BCUT2D eigenvalue weighted by Gasteiger charge is 2.46. The predicted molar refractivity (Wildman–Crippen MR) is 95.6 cm³/mol. The molecule has 0 aliphatic carbocycles. The molecule has 24 heavy (non-hydrogen) atoms. The van der Waals surface area contributed by atoms with Gasteiger partial charge in [0.15, 0.2) is 12.6 Å². The van der Waals surface area contributed by atoms with Gasteiger partial charge in [-0.15, -0.1) is 0 Å². The maximum atomic E-state index is 6.50. The lowest BCUT2D eigenvalue weighted by atomic mass is 9.78. The van der Waals surface area contributed by atoms with E-state index < -0.39 is 0 Å². The zero-order valence-electron chi connectivity index (χ0n) is 16.8. The van der Waals surface area contributed by atoms with Crippen molar-refractivity contribution in [2.75, 3.05) is 7.11 Å². The Labute approximate surface area is 148 Å². The molecule has 142 valence electrons. The van der Waals surface area contributed by atoms with Gasteiger partial charge in [-0.25, -0.2) is 0 Å². The standard InChI is InChI=1S/C20H38O4/c1-9-16-12(4)11(3)15(7)19(22-16)24-18-14(6)13(5)17(10-2)23-20(18)21-8/h11-20H,9-10H2,1-8H3/t11-,12-,13-,14-,15?,16?,17?,18?,19+,20-/m0/s1. The first-order valence-electron chi connectivity index (χ1n) is 9.84. The summed E-state index contributed by atoms with van der Waals surface area (Å²) >= 11 is 0. The number of hydrogen-bond acceptors (Lipinski definition) is 4. The molecule has 2 heterocycles. The summed E-state index contributed by atoms with van der Waals surface area (Å²) in [6.45, 7) is 15.7. The monoisotopic (exact) mass is 342 g/mol. The van der Waals surface area contributed by atoms with E-state index in [1.165, 1.54) is 0 Å². The first-order valence-corrected chi connectivity index (χ1v) is 9.84. The molecule has 2 saturated heterocycles. The third-order valence-corrected chi connectivity index (χ3v) is 6.82. The second-order valence-corrected chi connectivity index (χ2v) is 8.03. The zero-order chi connectivity index (χ0) is 18.0. The molecule has 0 bridgehead atoms. The van der Waals surface area contributed by atoms with Gasteiger partial charge < -0.3 is 18.9 Å². The summed E-state index contributed by atoms with van der Waals surface area (Å²) in [7, 11) is 1.71. The lowest BCUT2D eigenvalue weighted by molar-refractivity contribution is -0.333. The molecule has 0 aromatic carbocycles. The van der Waals surface area contributed by atoms with Gasteiger partial charge in [-0.05, 0) is 36.5 Å². The summed E-state index contributed by atoms with van der Waals surface area (Å²) in [6.07, 6.45) is 1.95. The minimum Gasteiger partial charge on any atom is -0.353 e. The van der Waals surface area contributed by atoms with E-state index in [9.17, 15) is 0 Å². The van der Waals surface area contributed by atoms with Crippen molar-refractivity contribution in [3.05, 3.63) is 0 Å². The first-order chi connectivity index (χ1) is 11.3. The molecule has 4 heteroatoms. The SMILES string of the molecule is CCC1O[C@H](OC2[C@@H](OC)OC(CC)[C@@H](C)[C@@H]2C)C(C)[C@@H](C)[C@@H]1C. The van der Waals surface area contributed by atoms with Crippen molar-refractivity contribution < 1.29 is 18.9 Å². The highest BCUT2D eigenvalue weighted by atomic mass is 16.7. The van der Waals surface area contributed by atoms with Crippen molar-refractivity contribution in [1.82, 2.24) is 0 Å². The molecular formula is C20H38O4. The quantitative estimate of drug-likeness (QED) is 0.739. The van der Waals surface area contributed by atoms with Gasteiger partial charge in [0.2, 0.25) is 0 Å². The number of methoxy groups -OCH3 is 1. The van der Waals surface area contributed by atoms with E-state index >= 15 is 0 Å². The van der Waals surface area contributed by atoms with E-state index in [2.05, 4.69) is 48.5 Å². The Morgan fingerprint density at radius 2 is 1.17 bits per heavy atom. The minimum absolute atomic E-state index is 0.0848. The normalized spacial score (nSPS) is 50.0. The molecule has 2 aliphatic rings. The molecule has 2 aliphatic heterocycles. The molecule has 0 spiro atoms. The molecule has 2 fully saturated rings. The van der Waals surface area contributed by atoms with Crippen molar-refractivity contribution >= 4 is 0 Å². The average molecular weight is 343 g/mol. The van der Waals surface area contributed by atoms with Gasteiger partial charge in [0, 0.05) is 13.0 Å². The Hall–Kier alpha value is -0.160. The molecule has 0 saturated carbocycles. The summed E-state index contributed by atoms with van der Waals surface area (Å²) in [6, 6.07) is 0. The van der Waals surface area contributed by atoms with Crippen LogP contribution in [0.25, 0.3) is 0 Å². The Morgan fingerprint density at radius 1 is 0.667 bits per heavy atom. The van der Waals surface area contributed by atoms with E-state index in [-0.39, 0.29) is 30.9 Å². The highest BCUT2D eigenvalue weighted by Crippen LogP contribution is 2.40. The van der Waals surface area contributed by atoms with Gasteiger partial charge in [0.25, 0.3) is 0 Å². The largest absolute Gasteiger partial charge is 0.353 e. The molecule has 2 rings (SSSR count). The van der Waals surface area contributed by atoms with Crippen LogP contribution in [0.2, 0.25) is 0 Å². The van der Waals surface area contributed by atoms with E-state index in [4.69, 9.17) is 18.9 Å². The Bertz CT molecular complexity index is 384. The van der Waals surface area contributed by atoms with Gasteiger partial charge >= 0.3 is 0 Å². The minimum atomic E-state index is -0.313. The number of hydrogen-bond donors (Lipinski definition) is 0. The van der Waals surface area contributed by atoms with Crippen LogP contribution >= 0.6 is 0 Å². The molecule has 0 amide bonds. The van der Waals surface area contributed by atoms with Crippen LogP contribution in [-0.2, 0) is 18.9 Å². The Morgan fingerprint density at radius 3 is 1.67 bits per heavy atom. The topological polar surface area (TPSA) is 36.9 Å². The van der Waals surface area contributed by atoms with Gasteiger partial charge in [-0.1, -0.05) is 48.5 Å². The molecule has 4 unspecified atom stereocenters. The first kappa shape index (κ1) is 20.2. The molecule has 0 radical (unpaired) electrons. The van der Waals surface area contributed by atoms with E-state index in [1.807, 2.05) is 0 Å². The molecular weight excluding hydrogens is 304 g/mol. The van der Waals surface area contributed by atoms with Crippen LogP contribution in [0.3, 0.4) is 0 Å². The predicted octanol–water partition coefficient (Wildman–Crippen LogP) is 4.47. The third kappa shape index (κ3) is 3.82. The van der Waals surface area contributed by atoms with Crippen molar-refractivity contribution in [3.8, 4) is 0 Å². The van der Waals surface area contributed by atoms with E-state index in [1.54, 1.807) is 7.11 Å². The van der Waals surface area contributed by atoms with Gasteiger partial charge in [0.05, 0.1) is 12.2 Å². The second kappa shape index (κ2) is 8.48. The molecule has 10 atom stereocenters. The lowest BCUT2D eigenvalue weighted by Crippen LogP contribution is -2.55. The van der Waals surface area contributed by atoms with Crippen LogP contribution < -0.4 is 0 Å².